The molecule has 0 spiro atoms. The Hall–Kier alpha value is -0.670. The molecule has 0 amide bonds. The predicted molar refractivity (Wildman–Crippen MR) is 62.0 cm³/mol. The molecule has 0 unspecified atom stereocenters. The van der Waals surface area contributed by atoms with Crippen LogP contribution in [0.15, 0.2) is 18.2 Å². The highest BCUT2D eigenvalue weighted by Crippen LogP contribution is 2.16. The molecule has 0 bridgehead atoms. The second-order valence-corrected chi connectivity index (χ2v) is 3.88. The molecule has 13 heavy (non-hydrogen) atoms. The van der Waals surface area contributed by atoms with Crippen molar-refractivity contribution in [3.8, 4) is 16.9 Å². The van der Waals surface area contributed by atoms with E-state index in [1.165, 1.54) is 15.0 Å². The Morgan fingerprint density at radius 1 is 1.54 bits per heavy atom. The minimum Gasteiger partial charge on any atom is -0.507 e. The van der Waals surface area contributed by atoms with Crippen LogP contribution >= 0.6 is 30.1 Å². The van der Waals surface area contributed by atoms with Gasteiger partial charge in [0, 0.05) is 26.8 Å². The van der Waals surface area contributed by atoms with Crippen molar-refractivity contribution in [2.75, 3.05) is 0 Å². The van der Waals surface area contributed by atoms with Gasteiger partial charge in [-0.2, -0.15) is 0 Å². The fourth-order valence-corrected chi connectivity index (χ4v) is 1.29. The summed E-state index contributed by atoms with van der Waals surface area (Å²) in [5.41, 5.74) is 0.986. The van der Waals surface area contributed by atoms with Gasteiger partial charge in [0.05, 0.1) is 5.56 Å². The lowest BCUT2D eigenvalue weighted by Gasteiger charge is -1.96. The normalized spacial score (nSPS) is 8.69. The second-order valence-electron chi connectivity index (χ2n) is 2.20. The first kappa shape index (κ1) is 10.4. The quantitative estimate of drug-likeness (QED) is 0.492. The summed E-state index contributed by atoms with van der Waals surface area (Å²) in [6.07, 6.45) is 0.611. The summed E-state index contributed by atoms with van der Waals surface area (Å²) in [7, 11) is 1.37. The van der Waals surface area contributed by atoms with Gasteiger partial charge in [0.25, 0.3) is 0 Å². The first-order valence-corrected chi connectivity index (χ1v) is 6.70. The zero-order valence-electron chi connectivity index (χ0n) is 6.45. The van der Waals surface area contributed by atoms with Crippen LogP contribution in [0, 0.1) is 11.2 Å². The highest BCUT2D eigenvalue weighted by Gasteiger charge is 1.98. The van der Waals surface area contributed by atoms with Crippen LogP contribution in [0.1, 0.15) is 15.9 Å². The number of carbonyl (C=O) groups excluding carboxylic acids is 1. The van der Waals surface area contributed by atoms with Crippen molar-refractivity contribution >= 4 is 36.4 Å². The zero-order chi connectivity index (χ0) is 9.68. The van der Waals surface area contributed by atoms with Gasteiger partial charge in [-0.15, -0.1) is 0 Å². The fourth-order valence-electron chi connectivity index (χ4n) is 0.799. The number of aldehydes is 1. The van der Waals surface area contributed by atoms with E-state index in [1.54, 1.807) is 12.1 Å². The first-order valence-electron chi connectivity index (χ1n) is 3.34. The lowest BCUT2D eigenvalue weighted by molar-refractivity contribution is 0.112. The molecule has 1 aromatic rings. The maximum absolute atomic E-state index is 10.4. The second kappa shape index (κ2) is 5.14. The molecule has 1 aromatic carbocycles. The van der Waals surface area contributed by atoms with E-state index in [1.807, 2.05) is 0 Å². The van der Waals surface area contributed by atoms with E-state index in [4.69, 9.17) is 0 Å². The molecule has 1 N–H and O–H groups in total. The van der Waals surface area contributed by atoms with E-state index in [2.05, 4.69) is 32.4 Å². The van der Waals surface area contributed by atoms with Gasteiger partial charge in [0.1, 0.15) is 5.75 Å². The standard InChI is InChI=1S/C9H5IO2S/c10-13-4-3-7-1-2-8(6-11)9(12)5-7/h1-2,5-6,12H. The highest BCUT2D eigenvalue weighted by molar-refractivity contribution is 14.2. The molecule has 0 saturated carbocycles. The summed E-state index contributed by atoms with van der Waals surface area (Å²) < 4.78 is 0. The minimum atomic E-state index is -0.0275. The van der Waals surface area contributed by atoms with E-state index in [9.17, 15) is 9.90 Å². The van der Waals surface area contributed by atoms with Crippen molar-refractivity contribution in [3.63, 3.8) is 0 Å². The van der Waals surface area contributed by atoms with Crippen LogP contribution in [-0.2, 0) is 0 Å². The number of benzene rings is 1. The Kier molecular flexibility index (Phi) is 4.12. The van der Waals surface area contributed by atoms with Gasteiger partial charge in [-0.1, -0.05) is 5.92 Å². The Balaban J connectivity index is 3.02. The van der Waals surface area contributed by atoms with E-state index >= 15 is 0 Å². The number of hydrogen-bond donors (Lipinski definition) is 1. The number of carbonyl (C=O) groups is 1. The molecule has 2 nitrogen and oxygen atoms in total. The molecule has 1 rings (SSSR count). The van der Waals surface area contributed by atoms with Gasteiger partial charge in [-0.05, 0) is 32.4 Å². The minimum absolute atomic E-state index is 0.0275. The third-order valence-electron chi connectivity index (χ3n) is 1.39. The van der Waals surface area contributed by atoms with Crippen LogP contribution in [0.4, 0.5) is 0 Å². The third kappa shape index (κ3) is 2.94. The molecule has 4 heteroatoms. The van der Waals surface area contributed by atoms with Crippen molar-refractivity contribution in [3.05, 3.63) is 29.3 Å². The van der Waals surface area contributed by atoms with E-state index < -0.39 is 0 Å². The van der Waals surface area contributed by atoms with E-state index in [0.29, 0.717) is 11.8 Å². The third-order valence-corrected chi connectivity index (χ3v) is 2.23. The van der Waals surface area contributed by atoms with Crippen molar-refractivity contribution in [2.24, 2.45) is 0 Å². The topological polar surface area (TPSA) is 37.3 Å². The van der Waals surface area contributed by atoms with E-state index in [0.717, 1.165) is 0 Å². The Bertz CT molecular complexity index is 379. The predicted octanol–water partition coefficient (Wildman–Crippen LogP) is 2.60. The van der Waals surface area contributed by atoms with Gasteiger partial charge >= 0.3 is 0 Å². The monoisotopic (exact) mass is 304 g/mol. The number of aromatic hydroxyl groups is 1. The Morgan fingerprint density at radius 3 is 2.85 bits per heavy atom. The highest BCUT2D eigenvalue weighted by atomic mass is 127. The largest absolute Gasteiger partial charge is 0.507 e. The summed E-state index contributed by atoms with van der Waals surface area (Å²) >= 11 is 2.06. The lowest BCUT2D eigenvalue weighted by atomic mass is 10.1. The SMILES string of the molecule is O=Cc1ccc(C#CSI)cc1O. The van der Waals surface area contributed by atoms with Crippen LogP contribution in [-0.4, -0.2) is 11.4 Å². The summed E-state index contributed by atoms with van der Waals surface area (Å²) in [6, 6.07) is 4.72. The van der Waals surface area contributed by atoms with Gasteiger partial charge in [0.2, 0.25) is 0 Å². The van der Waals surface area contributed by atoms with Crippen molar-refractivity contribution in [2.45, 2.75) is 0 Å². The average molecular weight is 304 g/mol. The molecule has 66 valence electrons. The van der Waals surface area contributed by atoms with Gasteiger partial charge < -0.3 is 5.11 Å². The Morgan fingerprint density at radius 2 is 2.31 bits per heavy atom. The molecule has 0 aliphatic rings. The first-order chi connectivity index (χ1) is 6.27. The molecule has 0 aromatic heterocycles. The van der Waals surface area contributed by atoms with Crippen LogP contribution in [0.25, 0.3) is 0 Å². The maximum atomic E-state index is 10.4. The average Bonchev–Trinajstić information content (AvgIpc) is 2.15. The van der Waals surface area contributed by atoms with Crippen LogP contribution in [0.2, 0.25) is 0 Å². The molecule has 0 fully saturated rings. The van der Waals surface area contributed by atoms with Crippen LogP contribution in [0.3, 0.4) is 0 Å². The smallest absolute Gasteiger partial charge is 0.153 e. The molecule has 0 aliphatic carbocycles. The van der Waals surface area contributed by atoms with E-state index in [-0.39, 0.29) is 11.3 Å². The zero-order valence-corrected chi connectivity index (χ0v) is 9.43. The van der Waals surface area contributed by atoms with Crippen LogP contribution in [0.5, 0.6) is 5.75 Å². The molecule has 0 radical (unpaired) electrons. The summed E-state index contributed by atoms with van der Waals surface area (Å²) in [6.45, 7) is 0. The van der Waals surface area contributed by atoms with Gasteiger partial charge in [-0.3, -0.25) is 4.79 Å². The van der Waals surface area contributed by atoms with Gasteiger partial charge in [-0.25, -0.2) is 0 Å². The molecule has 0 saturated heterocycles. The maximum Gasteiger partial charge on any atom is 0.153 e. The number of phenols is 1. The molecule has 0 atom stereocenters. The summed E-state index contributed by atoms with van der Waals surface area (Å²) in [5.74, 6) is 2.79. The molecule has 0 heterocycles. The molecule has 0 aliphatic heterocycles. The number of hydrogen-bond acceptors (Lipinski definition) is 3. The van der Waals surface area contributed by atoms with Crippen LogP contribution < -0.4 is 0 Å². The van der Waals surface area contributed by atoms with Crippen molar-refractivity contribution in [1.82, 2.24) is 0 Å². The number of halogens is 1. The summed E-state index contributed by atoms with van der Waals surface area (Å²) in [5, 5.41) is 12.1. The number of rotatable bonds is 1. The van der Waals surface area contributed by atoms with Gasteiger partial charge in [0.15, 0.2) is 6.29 Å². The lowest BCUT2D eigenvalue weighted by Crippen LogP contribution is -1.82. The Labute approximate surface area is 92.3 Å². The molecular formula is C9H5IO2S. The molecular weight excluding hydrogens is 299 g/mol. The fraction of sp³-hybridized carbons (Fsp3) is 0. The number of phenolic OH excluding ortho intramolecular Hbond substituents is 1. The summed E-state index contributed by atoms with van der Waals surface area (Å²) in [4.78, 5) is 10.4. The van der Waals surface area contributed by atoms with Crippen molar-refractivity contribution < 1.29 is 9.90 Å². The van der Waals surface area contributed by atoms with Crippen molar-refractivity contribution in [1.29, 1.82) is 0 Å².